The Morgan fingerprint density at radius 3 is 2.00 bits per heavy atom. The quantitative estimate of drug-likeness (QED) is 0.707. The second kappa shape index (κ2) is 6.02. The van der Waals surface area contributed by atoms with Crippen molar-refractivity contribution in [1.82, 2.24) is 0 Å². The second-order valence-corrected chi connectivity index (χ2v) is 3.83. The van der Waals surface area contributed by atoms with Crippen LogP contribution in [0.5, 0.6) is 0 Å². The van der Waals surface area contributed by atoms with Crippen LogP contribution < -0.4 is 0 Å². The summed E-state index contributed by atoms with van der Waals surface area (Å²) in [6, 6.07) is 18.5. The van der Waals surface area contributed by atoms with Gasteiger partial charge in [-0.25, -0.2) is 0 Å². The van der Waals surface area contributed by atoms with Gasteiger partial charge in [0.1, 0.15) is 0 Å². The van der Waals surface area contributed by atoms with E-state index in [2.05, 4.69) is 55.7 Å². The summed E-state index contributed by atoms with van der Waals surface area (Å²) >= 11 is 0. The topological polar surface area (TPSA) is 9.23 Å². The maximum Gasteiger partial charge on any atom is 0.0718 e. The fraction of sp³-hybridized carbons (Fsp3) is 0.0625. The number of hydrogen-bond acceptors (Lipinski definition) is 1. The first kappa shape index (κ1) is 11.6. The molecule has 2 aromatic carbocycles. The highest BCUT2D eigenvalue weighted by atomic mass is 16.5. The van der Waals surface area contributed by atoms with E-state index >= 15 is 0 Å². The molecule has 0 amide bonds. The summed E-state index contributed by atoms with van der Waals surface area (Å²) in [5, 5.41) is 0. The lowest BCUT2D eigenvalue weighted by atomic mass is 10.1. The van der Waals surface area contributed by atoms with E-state index in [1.54, 1.807) is 0 Å². The van der Waals surface area contributed by atoms with Gasteiger partial charge in [-0.2, -0.15) is 0 Å². The van der Waals surface area contributed by atoms with Crippen LogP contribution >= 0.6 is 0 Å². The van der Waals surface area contributed by atoms with Crippen molar-refractivity contribution in [1.29, 1.82) is 0 Å². The van der Waals surface area contributed by atoms with Gasteiger partial charge in [-0.1, -0.05) is 66.7 Å². The Balaban J connectivity index is 2.06. The van der Waals surface area contributed by atoms with E-state index in [1.807, 2.05) is 18.2 Å². The summed E-state index contributed by atoms with van der Waals surface area (Å²) in [4.78, 5) is 0. The smallest absolute Gasteiger partial charge is 0.0718 e. The third-order valence-electron chi connectivity index (χ3n) is 2.52. The summed E-state index contributed by atoms with van der Waals surface area (Å²) in [5.41, 5.74) is 3.52. The normalized spacial score (nSPS) is 10.9. The zero-order valence-electron chi connectivity index (χ0n) is 9.67. The lowest BCUT2D eigenvalue weighted by molar-refractivity contribution is 0.229. The molecule has 0 aromatic heterocycles. The van der Waals surface area contributed by atoms with Gasteiger partial charge < -0.3 is 4.74 Å². The number of rotatable bonds is 4. The van der Waals surface area contributed by atoms with E-state index in [4.69, 9.17) is 4.74 Å². The lowest BCUT2D eigenvalue weighted by Crippen LogP contribution is -1.84. The van der Waals surface area contributed by atoms with Crippen molar-refractivity contribution in [3.05, 3.63) is 78.4 Å². The Hall–Kier alpha value is -1.86. The molecule has 85 valence electrons. The molecule has 1 radical (unpaired) electrons. The van der Waals surface area contributed by atoms with Crippen LogP contribution in [0, 0.1) is 7.11 Å². The molecule has 2 rings (SSSR count). The average Bonchev–Trinajstić information content (AvgIpc) is 2.40. The standard InChI is InChI=1S/C16H15O/c1-17-13-16-11-9-15(10-12-16)8-7-14-5-3-2-4-6-14/h2-12H,1,13H2/b8-7+. The van der Waals surface area contributed by atoms with Crippen molar-refractivity contribution in [2.45, 2.75) is 6.61 Å². The minimum Gasteiger partial charge on any atom is -0.374 e. The van der Waals surface area contributed by atoms with Gasteiger partial charge in [-0.15, -0.1) is 0 Å². The molecule has 2 aromatic rings. The van der Waals surface area contributed by atoms with Crippen molar-refractivity contribution < 1.29 is 4.74 Å². The van der Waals surface area contributed by atoms with Gasteiger partial charge in [0.25, 0.3) is 0 Å². The van der Waals surface area contributed by atoms with Gasteiger partial charge in [0.05, 0.1) is 13.7 Å². The SMILES string of the molecule is [CH2]OCc1ccc(/C=C/c2ccccc2)cc1. The predicted octanol–water partition coefficient (Wildman–Crippen LogP) is 4.17. The molecule has 0 saturated carbocycles. The average molecular weight is 223 g/mol. The van der Waals surface area contributed by atoms with E-state index in [0.717, 1.165) is 5.56 Å². The number of ether oxygens (including phenoxy) is 1. The van der Waals surface area contributed by atoms with Crippen molar-refractivity contribution in [2.24, 2.45) is 0 Å². The first-order chi connectivity index (χ1) is 8.38. The molecule has 0 heterocycles. The fourth-order valence-corrected chi connectivity index (χ4v) is 1.60. The fourth-order valence-electron chi connectivity index (χ4n) is 1.60. The maximum atomic E-state index is 4.83. The van der Waals surface area contributed by atoms with E-state index in [1.165, 1.54) is 11.1 Å². The summed E-state index contributed by atoms with van der Waals surface area (Å²) in [5.74, 6) is 0. The van der Waals surface area contributed by atoms with Gasteiger partial charge in [-0.05, 0) is 16.7 Å². The van der Waals surface area contributed by atoms with Crippen molar-refractivity contribution in [2.75, 3.05) is 0 Å². The largest absolute Gasteiger partial charge is 0.374 e. The highest BCUT2D eigenvalue weighted by Crippen LogP contribution is 2.10. The lowest BCUT2D eigenvalue weighted by Gasteiger charge is -1.99. The zero-order chi connectivity index (χ0) is 11.9. The molecule has 0 unspecified atom stereocenters. The molecular weight excluding hydrogens is 208 g/mol. The molecule has 0 N–H and O–H groups in total. The summed E-state index contributed by atoms with van der Waals surface area (Å²) in [7, 11) is 3.37. The van der Waals surface area contributed by atoms with Crippen LogP contribution in [-0.2, 0) is 11.3 Å². The molecule has 1 nitrogen and oxygen atoms in total. The van der Waals surface area contributed by atoms with Gasteiger partial charge in [-0.3, -0.25) is 0 Å². The van der Waals surface area contributed by atoms with Crippen LogP contribution in [0.2, 0.25) is 0 Å². The van der Waals surface area contributed by atoms with Crippen LogP contribution in [0.4, 0.5) is 0 Å². The summed E-state index contributed by atoms with van der Waals surface area (Å²) in [6.45, 7) is 0.558. The van der Waals surface area contributed by atoms with Crippen LogP contribution in [0.25, 0.3) is 12.2 Å². The van der Waals surface area contributed by atoms with Gasteiger partial charge >= 0.3 is 0 Å². The zero-order valence-corrected chi connectivity index (χ0v) is 9.67. The van der Waals surface area contributed by atoms with Crippen LogP contribution in [0.3, 0.4) is 0 Å². The Morgan fingerprint density at radius 1 is 0.824 bits per heavy atom. The monoisotopic (exact) mass is 223 g/mol. The van der Waals surface area contributed by atoms with Crippen LogP contribution in [0.1, 0.15) is 16.7 Å². The first-order valence-corrected chi connectivity index (χ1v) is 5.57. The van der Waals surface area contributed by atoms with Crippen LogP contribution in [-0.4, -0.2) is 0 Å². The molecule has 0 saturated heterocycles. The molecule has 1 heteroatoms. The Morgan fingerprint density at radius 2 is 1.41 bits per heavy atom. The highest BCUT2D eigenvalue weighted by Gasteiger charge is 1.91. The molecule has 0 aliphatic carbocycles. The van der Waals surface area contributed by atoms with E-state index in [-0.39, 0.29) is 0 Å². The molecule has 0 aliphatic rings. The van der Waals surface area contributed by atoms with E-state index in [9.17, 15) is 0 Å². The predicted molar refractivity (Wildman–Crippen MR) is 72.0 cm³/mol. The number of hydrogen-bond donors (Lipinski definition) is 0. The first-order valence-electron chi connectivity index (χ1n) is 5.57. The molecular formula is C16H15O. The van der Waals surface area contributed by atoms with E-state index in [0.29, 0.717) is 6.61 Å². The molecule has 0 atom stereocenters. The summed E-state index contributed by atoms with van der Waals surface area (Å²) in [6.07, 6.45) is 4.21. The minimum absolute atomic E-state index is 0.558. The van der Waals surface area contributed by atoms with Crippen LogP contribution in [0.15, 0.2) is 54.6 Å². The van der Waals surface area contributed by atoms with Gasteiger partial charge in [0.2, 0.25) is 0 Å². The molecule has 0 fully saturated rings. The van der Waals surface area contributed by atoms with Crippen molar-refractivity contribution >= 4 is 12.2 Å². The number of benzene rings is 2. The Bertz CT molecular complexity index is 469. The molecule has 17 heavy (non-hydrogen) atoms. The third-order valence-corrected chi connectivity index (χ3v) is 2.52. The molecule has 0 spiro atoms. The highest BCUT2D eigenvalue weighted by molar-refractivity contribution is 5.69. The maximum absolute atomic E-state index is 4.83. The van der Waals surface area contributed by atoms with Crippen molar-refractivity contribution in [3.8, 4) is 0 Å². The Kier molecular flexibility index (Phi) is 4.11. The Labute approximate surface area is 102 Å². The second-order valence-electron chi connectivity index (χ2n) is 3.83. The summed E-state index contributed by atoms with van der Waals surface area (Å²) < 4.78 is 4.83. The third kappa shape index (κ3) is 3.58. The molecule has 0 aliphatic heterocycles. The van der Waals surface area contributed by atoms with Gasteiger partial charge in [0.15, 0.2) is 0 Å². The minimum atomic E-state index is 0.558. The van der Waals surface area contributed by atoms with Crippen molar-refractivity contribution in [3.63, 3.8) is 0 Å². The van der Waals surface area contributed by atoms with E-state index < -0.39 is 0 Å². The van der Waals surface area contributed by atoms with Gasteiger partial charge in [0, 0.05) is 0 Å². The molecule has 0 bridgehead atoms.